The standard InChI is InChI=1S/C26H26N2O5S/c29-25(28(21-11-5-2-6-12-21)22-15-16-34(31,32)19-22)18-33-24-14-8-7-13-23(24)26(30)27-17-20-9-3-1-4-10-20/h1-14,22H,15-19H2,(H,27,30)/t22-/m1/s1. The molecule has 1 heterocycles. The largest absolute Gasteiger partial charge is 0.483 e. The summed E-state index contributed by atoms with van der Waals surface area (Å²) in [5, 5.41) is 2.86. The second-order valence-corrected chi connectivity index (χ2v) is 10.3. The summed E-state index contributed by atoms with van der Waals surface area (Å²) in [7, 11) is -3.18. The van der Waals surface area contributed by atoms with Gasteiger partial charge in [-0.1, -0.05) is 60.7 Å². The highest BCUT2D eigenvalue weighted by molar-refractivity contribution is 7.91. The highest BCUT2D eigenvalue weighted by atomic mass is 32.2. The Morgan fingerprint density at radius 1 is 0.912 bits per heavy atom. The molecule has 176 valence electrons. The molecule has 3 aromatic carbocycles. The molecular weight excluding hydrogens is 452 g/mol. The zero-order chi connectivity index (χ0) is 24.0. The number of anilines is 1. The van der Waals surface area contributed by atoms with E-state index in [0.717, 1.165) is 5.56 Å². The number of hydrogen-bond donors (Lipinski definition) is 1. The van der Waals surface area contributed by atoms with Crippen molar-refractivity contribution >= 4 is 27.3 Å². The number of amides is 2. The summed E-state index contributed by atoms with van der Waals surface area (Å²) in [6, 6.07) is 24.8. The minimum absolute atomic E-state index is 0.0551. The maximum absolute atomic E-state index is 13.2. The van der Waals surface area contributed by atoms with Crippen LogP contribution in [0, 0.1) is 0 Å². The minimum Gasteiger partial charge on any atom is -0.483 e. The molecule has 0 saturated carbocycles. The average Bonchev–Trinajstić information content (AvgIpc) is 3.21. The number of nitrogens with zero attached hydrogens (tertiary/aromatic N) is 1. The first kappa shape index (κ1) is 23.5. The lowest BCUT2D eigenvalue weighted by molar-refractivity contribution is -0.121. The number of ether oxygens (including phenoxy) is 1. The number of nitrogens with one attached hydrogen (secondary N) is 1. The van der Waals surface area contributed by atoms with Crippen LogP contribution in [0.1, 0.15) is 22.3 Å². The molecule has 34 heavy (non-hydrogen) atoms. The number of hydrogen-bond acceptors (Lipinski definition) is 5. The zero-order valence-electron chi connectivity index (χ0n) is 18.6. The quantitative estimate of drug-likeness (QED) is 0.537. The van der Waals surface area contributed by atoms with Crippen LogP contribution in [0.2, 0.25) is 0 Å². The van der Waals surface area contributed by atoms with Crippen LogP contribution < -0.4 is 15.0 Å². The Balaban J connectivity index is 1.46. The van der Waals surface area contributed by atoms with Crippen molar-refractivity contribution < 1.29 is 22.7 Å². The second kappa shape index (κ2) is 10.5. The van der Waals surface area contributed by atoms with E-state index in [4.69, 9.17) is 4.74 Å². The highest BCUT2D eigenvalue weighted by Gasteiger charge is 2.35. The third-order valence-corrected chi connectivity index (χ3v) is 7.41. The Kier molecular flexibility index (Phi) is 7.27. The van der Waals surface area contributed by atoms with Crippen molar-refractivity contribution in [3.8, 4) is 5.75 Å². The van der Waals surface area contributed by atoms with Crippen molar-refractivity contribution in [2.45, 2.75) is 19.0 Å². The van der Waals surface area contributed by atoms with Crippen LogP contribution in [0.25, 0.3) is 0 Å². The van der Waals surface area contributed by atoms with E-state index >= 15 is 0 Å². The van der Waals surface area contributed by atoms with Gasteiger partial charge >= 0.3 is 0 Å². The van der Waals surface area contributed by atoms with Crippen molar-refractivity contribution in [3.05, 3.63) is 96.1 Å². The summed E-state index contributed by atoms with van der Waals surface area (Å²) in [6.07, 6.45) is 0.376. The summed E-state index contributed by atoms with van der Waals surface area (Å²) in [6.45, 7) is 0.0410. The number of carbonyl (C=O) groups is 2. The van der Waals surface area contributed by atoms with Crippen molar-refractivity contribution in [3.63, 3.8) is 0 Å². The third kappa shape index (κ3) is 5.82. The molecule has 2 amide bonds. The first-order valence-electron chi connectivity index (χ1n) is 11.0. The number of carbonyl (C=O) groups excluding carboxylic acids is 2. The third-order valence-electron chi connectivity index (χ3n) is 5.66. The number of benzene rings is 3. The van der Waals surface area contributed by atoms with Gasteiger partial charge in [0.2, 0.25) is 0 Å². The van der Waals surface area contributed by atoms with E-state index in [2.05, 4.69) is 5.32 Å². The lowest BCUT2D eigenvalue weighted by Crippen LogP contribution is -2.44. The molecule has 3 aromatic rings. The Morgan fingerprint density at radius 2 is 1.56 bits per heavy atom. The van der Waals surface area contributed by atoms with Gasteiger partial charge in [-0.05, 0) is 36.2 Å². The molecule has 0 aromatic heterocycles. The van der Waals surface area contributed by atoms with Crippen LogP contribution in [0.15, 0.2) is 84.9 Å². The molecule has 0 aliphatic carbocycles. The van der Waals surface area contributed by atoms with Crippen molar-refractivity contribution in [1.29, 1.82) is 0 Å². The fourth-order valence-electron chi connectivity index (χ4n) is 3.99. The van der Waals surface area contributed by atoms with Gasteiger partial charge in [0.25, 0.3) is 11.8 Å². The minimum atomic E-state index is -3.18. The van der Waals surface area contributed by atoms with E-state index in [9.17, 15) is 18.0 Å². The van der Waals surface area contributed by atoms with Gasteiger partial charge in [0.15, 0.2) is 16.4 Å². The molecule has 1 fully saturated rings. The normalized spacial score (nSPS) is 16.5. The molecule has 1 atom stereocenters. The fourth-order valence-corrected chi connectivity index (χ4v) is 5.69. The van der Waals surface area contributed by atoms with Gasteiger partial charge < -0.3 is 15.0 Å². The first-order chi connectivity index (χ1) is 16.4. The summed E-state index contributed by atoms with van der Waals surface area (Å²) in [5.41, 5.74) is 1.91. The lowest BCUT2D eigenvalue weighted by atomic mass is 10.1. The molecule has 4 rings (SSSR count). The summed E-state index contributed by atoms with van der Waals surface area (Å²) in [5.74, 6) is -0.416. The van der Waals surface area contributed by atoms with Crippen LogP contribution >= 0.6 is 0 Å². The van der Waals surface area contributed by atoms with E-state index in [0.29, 0.717) is 24.2 Å². The summed E-state index contributed by atoms with van der Waals surface area (Å²) >= 11 is 0. The molecule has 0 bridgehead atoms. The van der Waals surface area contributed by atoms with Crippen LogP contribution in [-0.2, 0) is 21.2 Å². The molecule has 1 aliphatic heterocycles. The van der Waals surface area contributed by atoms with Crippen LogP contribution in [-0.4, -0.2) is 44.4 Å². The van der Waals surface area contributed by atoms with Gasteiger partial charge in [0.05, 0.1) is 23.1 Å². The van der Waals surface area contributed by atoms with Gasteiger partial charge in [-0.3, -0.25) is 9.59 Å². The molecule has 7 nitrogen and oxygen atoms in total. The number of para-hydroxylation sites is 2. The predicted octanol–water partition coefficient (Wildman–Crippen LogP) is 3.22. The summed E-state index contributed by atoms with van der Waals surface area (Å²) < 4.78 is 29.9. The molecule has 0 radical (unpaired) electrons. The highest BCUT2D eigenvalue weighted by Crippen LogP contribution is 2.25. The topological polar surface area (TPSA) is 92.8 Å². The molecular formula is C26H26N2O5S. The molecule has 8 heteroatoms. The Labute approximate surface area is 199 Å². The van der Waals surface area contributed by atoms with E-state index in [1.54, 1.807) is 48.5 Å². The van der Waals surface area contributed by atoms with Gasteiger partial charge in [-0.15, -0.1) is 0 Å². The Hall–Kier alpha value is -3.65. The second-order valence-electron chi connectivity index (χ2n) is 8.11. The van der Waals surface area contributed by atoms with Gasteiger partial charge in [0, 0.05) is 12.2 Å². The molecule has 1 N–H and O–H groups in total. The number of rotatable bonds is 8. The predicted molar refractivity (Wildman–Crippen MR) is 131 cm³/mol. The SMILES string of the molecule is O=C(NCc1ccccc1)c1ccccc1OCC(=O)N(c1ccccc1)[C@@H]1CCS(=O)(=O)C1. The zero-order valence-corrected chi connectivity index (χ0v) is 19.4. The van der Waals surface area contributed by atoms with E-state index in [-0.39, 0.29) is 35.7 Å². The maximum atomic E-state index is 13.2. The average molecular weight is 479 g/mol. The van der Waals surface area contributed by atoms with Gasteiger partial charge in [-0.25, -0.2) is 8.42 Å². The van der Waals surface area contributed by atoms with Crippen molar-refractivity contribution in [2.75, 3.05) is 23.0 Å². The molecule has 0 spiro atoms. The maximum Gasteiger partial charge on any atom is 0.265 e. The van der Waals surface area contributed by atoms with Crippen molar-refractivity contribution in [1.82, 2.24) is 5.32 Å². The molecule has 1 aliphatic rings. The van der Waals surface area contributed by atoms with Crippen molar-refractivity contribution in [2.24, 2.45) is 0 Å². The lowest BCUT2D eigenvalue weighted by Gasteiger charge is -2.28. The van der Waals surface area contributed by atoms with Gasteiger partial charge in [0.1, 0.15) is 5.75 Å². The monoisotopic (exact) mass is 478 g/mol. The molecule has 0 unspecified atom stereocenters. The fraction of sp³-hybridized carbons (Fsp3) is 0.231. The Bertz CT molecular complexity index is 1250. The van der Waals surface area contributed by atoms with E-state index in [1.165, 1.54) is 4.90 Å². The van der Waals surface area contributed by atoms with Crippen LogP contribution in [0.3, 0.4) is 0 Å². The van der Waals surface area contributed by atoms with E-state index in [1.807, 2.05) is 36.4 Å². The van der Waals surface area contributed by atoms with E-state index < -0.39 is 15.9 Å². The number of sulfone groups is 1. The summed E-state index contributed by atoms with van der Waals surface area (Å²) in [4.78, 5) is 27.5. The smallest absolute Gasteiger partial charge is 0.265 e. The first-order valence-corrected chi connectivity index (χ1v) is 12.9. The molecule has 1 saturated heterocycles. The van der Waals surface area contributed by atoms with Gasteiger partial charge in [-0.2, -0.15) is 0 Å². The van der Waals surface area contributed by atoms with Crippen LogP contribution in [0.4, 0.5) is 5.69 Å². The Morgan fingerprint density at radius 3 is 2.24 bits per heavy atom. The van der Waals surface area contributed by atoms with Crippen LogP contribution in [0.5, 0.6) is 5.75 Å².